The lowest BCUT2D eigenvalue weighted by atomic mass is 9.78. The van der Waals surface area contributed by atoms with Gasteiger partial charge in [-0.2, -0.15) is 0 Å². The normalized spacial score (nSPS) is 15.9. The van der Waals surface area contributed by atoms with Crippen LogP contribution < -0.4 is 0 Å². The highest BCUT2D eigenvalue weighted by Gasteiger charge is 2.27. The number of rotatable bonds is 6. The van der Waals surface area contributed by atoms with Gasteiger partial charge in [-0.3, -0.25) is 9.80 Å². The summed E-state index contributed by atoms with van der Waals surface area (Å²) in [5.41, 5.74) is 4.74. The monoisotopic (exact) mass is 532 g/mol. The van der Waals surface area contributed by atoms with E-state index in [1.807, 2.05) is 24.3 Å². The molecule has 1 aliphatic rings. The highest BCUT2D eigenvalue weighted by Crippen LogP contribution is 2.40. The van der Waals surface area contributed by atoms with Gasteiger partial charge in [-0.25, -0.2) is 8.78 Å². The molecule has 0 amide bonds. The van der Waals surface area contributed by atoms with E-state index in [0.717, 1.165) is 60.5 Å². The number of piperazine rings is 1. The minimum atomic E-state index is -0.258. The van der Waals surface area contributed by atoms with E-state index in [1.54, 1.807) is 0 Å². The van der Waals surface area contributed by atoms with Crippen LogP contribution in [0.1, 0.15) is 75.4 Å². The van der Waals surface area contributed by atoms with E-state index in [9.17, 15) is 13.9 Å². The Balaban J connectivity index is 1.46. The summed E-state index contributed by atoms with van der Waals surface area (Å²) in [6.45, 7) is 17.1. The maximum atomic E-state index is 13.6. The van der Waals surface area contributed by atoms with E-state index in [-0.39, 0.29) is 28.5 Å². The fraction of sp³-hybridized carbons (Fsp3) is 0.412. The number of nitrogens with zero attached hydrogens (tertiary/aromatic N) is 2. The molecule has 39 heavy (non-hydrogen) atoms. The van der Waals surface area contributed by atoms with Crippen LogP contribution in [0.15, 0.2) is 66.7 Å². The highest BCUT2D eigenvalue weighted by molar-refractivity contribution is 5.59. The second kappa shape index (κ2) is 11.6. The van der Waals surface area contributed by atoms with Gasteiger partial charge in [-0.15, -0.1) is 0 Å². The summed E-state index contributed by atoms with van der Waals surface area (Å²) >= 11 is 0. The number of phenols is 1. The summed E-state index contributed by atoms with van der Waals surface area (Å²) < 4.78 is 27.3. The first-order valence-corrected chi connectivity index (χ1v) is 13.8. The van der Waals surface area contributed by atoms with Crippen molar-refractivity contribution in [2.24, 2.45) is 0 Å². The zero-order valence-corrected chi connectivity index (χ0v) is 24.1. The van der Waals surface area contributed by atoms with Gasteiger partial charge >= 0.3 is 0 Å². The molecule has 0 aliphatic carbocycles. The standard InChI is InChI=1S/C34H42F2N2O/c1-33(2,3)29-22-24(23-30(32(29)39)34(4,5)6)8-7-17-37-18-20-38(21-19-37)31(25-9-13-27(35)14-10-25)26-11-15-28(36)16-12-26/h7-16,22-23,31,39H,17-21H2,1-6H3/b8-7+. The van der Waals surface area contributed by atoms with Gasteiger partial charge in [0.2, 0.25) is 0 Å². The minimum Gasteiger partial charge on any atom is -0.507 e. The summed E-state index contributed by atoms with van der Waals surface area (Å²) in [5, 5.41) is 11.0. The summed E-state index contributed by atoms with van der Waals surface area (Å²) in [5.74, 6) is -0.114. The molecule has 1 aliphatic heterocycles. The molecule has 0 unspecified atom stereocenters. The van der Waals surface area contributed by atoms with Gasteiger partial charge < -0.3 is 5.11 Å². The molecule has 208 valence electrons. The molecule has 5 heteroatoms. The van der Waals surface area contributed by atoms with Gasteiger partial charge in [0.25, 0.3) is 0 Å². The van der Waals surface area contributed by atoms with Crippen molar-refractivity contribution in [1.29, 1.82) is 0 Å². The Morgan fingerprint density at radius 2 is 1.18 bits per heavy atom. The molecule has 3 aromatic carbocycles. The number of halogens is 2. The van der Waals surface area contributed by atoms with Crippen molar-refractivity contribution in [3.8, 4) is 5.75 Å². The zero-order chi connectivity index (χ0) is 28.4. The fourth-order valence-electron chi connectivity index (χ4n) is 5.34. The van der Waals surface area contributed by atoms with Gasteiger partial charge in [-0.1, -0.05) is 78.0 Å². The van der Waals surface area contributed by atoms with Crippen LogP contribution in [0, 0.1) is 11.6 Å². The predicted molar refractivity (Wildman–Crippen MR) is 157 cm³/mol. The van der Waals surface area contributed by atoms with Gasteiger partial charge in [0.15, 0.2) is 0 Å². The molecule has 0 saturated carbocycles. The number of aromatic hydroxyl groups is 1. The molecule has 0 bridgehead atoms. The Morgan fingerprint density at radius 1 is 0.744 bits per heavy atom. The lowest BCUT2D eigenvalue weighted by molar-refractivity contribution is 0.118. The molecular formula is C34H42F2N2O. The van der Waals surface area contributed by atoms with Crippen LogP contribution in [0.4, 0.5) is 8.78 Å². The van der Waals surface area contributed by atoms with Gasteiger partial charge in [-0.05, 0) is 63.9 Å². The van der Waals surface area contributed by atoms with E-state index in [1.165, 1.54) is 24.3 Å². The lowest BCUT2D eigenvalue weighted by Gasteiger charge is -2.39. The predicted octanol–water partition coefficient (Wildman–Crippen LogP) is 7.69. The number of phenolic OH excluding ortho intramolecular Hbond substituents is 1. The third kappa shape index (κ3) is 7.14. The lowest BCUT2D eigenvalue weighted by Crippen LogP contribution is -2.47. The quantitative estimate of drug-likeness (QED) is 0.353. The zero-order valence-electron chi connectivity index (χ0n) is 24.1. The van der Waals surface area contributed by atoms with Crippen LogP contribution in [0.2, 0.25) is 0 Å². The van der Waals surface area contributed by atoms with Crippen molar-refractivity contribution in [2.75, 3.05) is 32.7 Å². The molecule has 1 fully saturated rings. The molecule has 3 nitrogen and oxygen atoms in total. The number of benzene rings is 3. The van der Waals surface area contributed by atoms with E-state index in [0.29, 0.717) is 5.75 Å². The Bertz CT molecular complexity index is 1200. The third-order valence-corrected chi connectivity index (χ3v) is 7.57. The average molecular weight is 533 g/mol. The van der Waals surface area contributed by atoms with Crippen LogP contribution in [0.25, 0.3) is 6.08 Å². The van der Waals surface area contributed by atoms with E-state index < -0.39 is 0 Å². The van der Waals surface area contributed by atoms with Crippen molar-refractivity contribution in [2.45, 2.75) is 58.4 Å². The Kier molecular flexibility index (Phi) is 8.63. The average Bonchev–Trinajstić information content (AvgIpc) is 2.87. The first-order chi connectivity index (χ1) is 18.3. The van der Waals surface area contributed by atoms with Gasteiger partial charge in [0.05, 0.1) is 6.04 Å². The largest absolute Gasteiger partial charge is 0.507 e. The minimum absolute atomic E-state index is 0.0486. The SMILES string of the molecule is CC(C)(C)c1cc(/C=C/CN2CCN(C(c3ccc(F)cc3)c3ccc(F)cc3)CC2)cc(C(C)(C)C)c1O. The number of hydrogen-bond donors (Lipinski definition) is 1. The summed E-state index contributed by atoms with van der Waals surface area (Å²) in [6, 6.07) is 17.4. The fourth-order valence-corrected chi connectivity index (χ4v) is 5.34. The van der Waals surface area contributed by atoms with Crippen molar-refractivity contribution in [1.82, 2.24) is 9.80 Å². The summed E-state index contributed by atoms with van der Waals surface area (Å²) in [6.07, 6.45) is 4.37. The molecule has 0 aromatic heterocycles. The Hall–Kier alpha value is -3.02. The molecule has 1 heterocycles. The van der Waals surface area contributed by atoms with E-state index >= 15 is 0 Å². The molecule has 4 rings (SSSR count). The third-order valence-electron chi connectivity index (χ3n) is 7.57. The molecule has 3 aromatic rings. The maximum Gasteiger partial charge on any atom is 0.123 e. The van der Waals surface area contributed by atoms with Crippen LogP contribution >= 0.6 is 0 Å². The van der Waals surface area contributed by atoms with Crippen molar-refractivity contribution in [3.63, 3.8) is 0 Å². The molecule has 0 radical (unpaired) electrons. The maximum absolute atomic E-state index is 13.6. The van der Waals surface area contributed by atoms with Crippen molar-refractivity contribution in [3.05, 3.63) is 106 Å². The van der Waals surface area contributed by atoms with E-state index in [2.05, 4.69) is 75.6 Å². The van der Waals surface area contributed by atoms with Crippen LogP contribution in [-0.2, 0) is 10.8 Å². The highest BCUT2D eigenvalue weighted by atomic mass is 19.1. The topological polar surface area (TPSA) is 26.7 Å². The molecule has 1 N–H and O–H groups in total. The summed E-state index contributed by atoms with van der Waals surface area (Å²) in [4.78, 5) is 4.82. The van der Waals surface area contributed by atoms with Crippen molar-refractivity contribution >= 4 is 6.08 Å². The van der Waals surface area contributed by atoms with Gasteiger partial charge in [0.1, 0.15) is 17.4 Å². The molecule has 1 saturated heterocycles. The molecule has 0 spiro atoms. The van der Waals surface area contributed by atoms with Crippen molar-refractivity contribution < 1.29 is 13.9 Å². The van der Waals surface area contributed by atoms with Crippen LogP contribution in [0.3, 0.4) is 0 Å². The summed E-state index contributed by atoms with van der Waals surface area (Å²) in [7, 11) is 0. The first kappa shape index (κ1) is 29.0. The second-order valence-electron chi connectivity index (χ2n) is 12.7. The molecule has 0 atom stereocenters. The molecular weight excluding hydrogens is 490 g/mol. The van der Waals surface area contributed by atoms with Crippen LogP contribution in [-0.4, -0.2) is 47.6 Å². The van der Waals surface area contributed by atoms with Gasteiger partial charge in [0, 0.05) is 43.9 Å². The Morgan fingerprint density at radius 3 is 1.59 bits per heavy atom. The smallest absolute Gasteiger partial charge is 0.123 e. The second-order valence-corrected chi connectivity index (χ2v) is 12.7. The number of hydrogen-bond acceptors (Lipinski definition) is 3. The Labute approximate surface area is 232 Å². The van der Waals surface area contributed by atoms with Crippen LogP contribution in [0.5, 0.6) is 5.75 Å². The van der Waals surface area contributed by atoms with E-state index in [4.69, 9.17) is 0 Å². The first-order valence-electron chi connectivity index (χ1n) is 13.8.